The number of carbonyl (C=O) groups excluding carboxylic acids is 1. The Morgan fingerprint density at radius 2 is 2.11 bits per heavy atom. The predicted molar refractivity (Wildman–Crippen MR) is 72.3 cm³/mol. The van der Waals surface area contributed by atoms with Crippen LogP contribution in [0.15, 0.2) is 18.2 Å². The summed E-state index contributed by atoms with van der Waals surface area (Å²) in [5.41, 5.74) is -0.284. The molecule has 2 N–H and O–H groups in total. The molecule has 1 rings (SSSR count). The van der Waals surface area contributed by atoms with Gasteiger partial charge in [-0.1, -0.05) is 13.0 Å². The third-order valence-corrected chi connectivity index (χ3v) is 2.97. The number of esters is 1. The third-order valence-electron chi connectivity index (χ3n) is 2.97. The summed E-state index contributed by atoms with van der Waals surface area (Å²) in [4.78, 5) is 12.2. The van der Waals surface area contributed by atoms with Crippen LogP contribution in [0.1, 0.15) is 26.3 Å². The number of nitrogens with one attached hydrogen (secondary N) is 1. The number of phenolic OH excluding ortho intramolecular Hbond substituents is 1. The molecule has 106 valence electrons. The molecule has 5 nitrogen and oxygen atoms in total. The van der Waals surface area contributed by atoms with E-state index >= 15 is 0 Å². The Morgan fingerprint density at radius 3 is 2.63 bits per heavy atom. The van der Waals surface area contributed by atoms with Crippen molar-refractivity contribution in [2.24, 2.45) is 0 Å². The van der Waals surface area contributed by atoms with E-state index in [-0.39, 0.29) is 11.7 Å². The zero-order valence-electron chi connectivity index (χ0n) is 11.8. The van der Waals surface area contributed by atoms with Crippen LogP contribution in [0.5, 0.6) is 11.5 Å². The van der Waals surface area contributed by atoms with E-state index in [1.807, 2.05) is 6.92 Å². The topological polar surface area (TPSA) is 67.8 Å². The number of aromatic hydroxyl groups is 1. The molecule has 0 heterocycles. The highest BCUT2D eigenvalue weighted by Crippen LogP contribution is 2.32. The van der Waals surface area contributed by atoms with E-state index in [0.717, 1.165) is 0 Å². The molecular formula is C14H21NO4. The number of ether oxygens (including phenoxy) is 2. The molecule has 0 aromatic heterocycles. The van der Waals surface area contributed by atoms with E-state index in [0.29, 0.717) is 24.5 Å². The minimum absolute atomic E-state index is 0.0361. The summed E-state index contributed by atoms with van der Waals surface area (Å²) >= 11 is 0. The molecule has 0 aliphatic rings. The smallest absolute Gasteiger partial charge is 0.330 e. The lowest BCUT2D eigenvalue weighted by atomic mass is 9.91. The van der Waals surface area contributed by atoms with Crippen molar-refractivity contribution in [2.45, 2.75) is 26.3 Å². The molecule has 0 aliphatic heterocycles. The maximum absolute atomic E-state index is 12.2. The Bertz CT molecular complexity index is 447. The van der Waals surface area contributed by atoms with E-state index in [4.69, 9.17) is 9.47 Å². The van der Waals surface area contributed by atoms with Gasteiger partial charge in [0, 0.05) is 0 Å². The van der Waals surface area contributed by atoms with Crippen molar-refractivity contribution in [1.29, 1.82) is 0 Å². The lowest BCUT2D eigenvalue weighted by molar-refractivity contribution is -0.151. The van der Waals surface area contributed by atoms with Gasteiger partial charge in [0.25, 0.3) is 0 Å². The summed E-state index contributed by atoms with van der Waals surface area (Å²) in [6.45, 7) is 6.35. The van der Waals surface area contributed by atoms with Gasteiger partial charge < -0.3 is 14.6 Å². The number of hydrogen-bond donors (Lipinski definition) is 2. The van der Waals surface area contributed by atoms with Crippen LogP contribution in [0.4, 0.5) is 0 Å². The molecule has 0 spiro atoms. The van der Waals surface area contributed by atoms with Gasteiger partial charge in [-0.05, 0) is 38.1 Å². The third kappa shape index (κ3) is 3.17. The molecule has 1 atom stereocenters. The largest absolute Gasteiger partial charge is 0.504 e. The van der Waals surface area contributed by atoms with Crippen molar-refractivity contribution < 1.29 is 19.4 Å². The first kappa shape index (κ1) is 15.3. The molecule has 1 aromatic carbocycles. The second-order valence-electron chi connectivity index (χ2n) is 4.26. The molecule has 0 saturated heterocycles. The standard InChI is InChI=1S/C14H21NO4/c1-5-15-14(3,13(17)19-6-2)10-7-8-11(16)12(9-10)18-4/h7-9,15-16H,5-6H2,1-4H3. The van der Waals surface area contributed by atoms with Gasteiger partial charge in [-0.15, -0.1) is 0 Å². The Labute approximate surface area is 113 Å². The van der Waals surface area contributed by atoms with Crippen LogP contribution in [0, 0.1) is 0 Å². The highest BCUT2D eigenvalue weighted by Gasteiger charge is 2.36. The van der Waals surface area contributed by atoms with Crippen molar-refractivity contribution in [2.75, 3.05) is 20.3 Å². The summed E-state index contributed by atoms with van der Waals surface area (Å²) in [6, 6.07) is 4.81. The number of carbonyl (C=O) groups is 1. The molecule has 1 aromatic rings. The summed E-state index contributed by atoms with van der Waals surface area (Å²) in [5, 5.41) is 12.7. The van der Waals surface area contributed by atoms with Gasteiger partial charge in [-0.2, -0.15) is 0 Å². The number of benzene rings is 1. The van der Waals surface area contributed by atoms with Gasteiger partial charge >= 0.3 is 5.97 Å². The number of methoxy groups -OCH3 is 1. The predicted octanol–water partition coefficient (Wildman–Crippen LogP) is 1.79. The Hall–Kier alpha value is -1.75. The lowest BCUT2D eigenvalue weighted by Crippen LogP contribution is -2.47. The summed E-state index contributed by atoms with van der Waals surface area (Å²) < 4.78 is 10.2. The van der Waals surface area contributed by atoms with Crippen molar-refractivity contribution in [1.82, 2.24) is 5.32 Å². The normalized spacial score (nSPS) is 13.7. The molecule has 0 fully saturated rings. The summed E-state index contributed by atoms with van der Waals surface area (Å²) in [7, 11) is 1.47. The fourth-order valence-electron chi connectivity index (χ4n) is 1.91. The number of rotatable bonds is 6. The van der Waals surface area contributed by atoms with Crippen LogP contribution in [-0.4, -0.2) is 31.3 Å². The van der Waals surface area contributed by atoms with Crippen molar-refractivity contribution in [3.63, 3.8) is 0 Å². The second-order valence-corrected chi connectivity index (χ2v) is 4.26. The van der Waals surface area contributed by atoms with E-state index < -0.39 is 5.54 Å². The highest BCUT2D eigenvalue weighted by atomic mass is 16.5. The summed E-state index contributed by atoms with van der Waals surface area (Å²) in [5.74, 6) is 0.00415. The fraction of sp³-hybridized carbons (Fsp3) is 0.500. The molecule has 0 bridgehead atoms. The molecule has 0 radical (unpaired) electrons. The lowest BCUT2D eigenvalue weighted by Gasteiger charge is -2.29. The molecule has 0 aliphatic carbocycles. The Kier molecular flexibility index (Phi) is 5.18. The van der Waals surface area contributed by atoms with Crippen LogP contribution in [0.25, 0.3) is 0 Å². The first-order valence-corrected chi connectivity index (χ1v) is 6.29. The van der Waals surface area contributed by atoms with E-state index in [1.165, 1.54) is 13.2 Å². The van der Waals surface area contributed by atoms with Crippen molar-refractivity contribution >= 4 is 5.97 Å². The van der Waals surface area contributed by atoms with Crippen LogP contribution in [0.3, 0.4) is 0 Å². The van der Waals surface area contributed by atoms with E-state index in [9.17, 15) is 9.90 Å². The molecule has 5 heteroatoms. The molecule has 0 amide bonds. The number of hydrogen-bond acceptors (Lipinski definition) is 5. The van der Waals surface area contributed by atoms with Crippen LogP contribution < -0.4 is 10.1 Å². The van der Waals surface area contributed by atoms with Gasteiger partial charge in [0.15, 0.2) is 11.5 Å². The van der Waals surface area contributed by atoms with Crippen molar-refractivity contribution in [3.8, 4) is 11.5 Å². The second kappa shape index (κ2) is 6.43. The Balaban J connectivity index is 3.21. The van der Waals surface area contributed by atoms with Gasteiger partial charge in [-0.25, -0.2) is 4.79 Å². The monoisotopic (exact) mass is 267 g/mol. The number of phenols is 1. The minimum atomic E-state index is -0.967. The van der Waals surface area contributed by atoms with E-state index in [1.54, 1.807) is 26.0 Å². The molecular weight excluding hydrogens is 246 g/mol. The molecule has 0 saturated carbocycles. The first-order valence-electron chi connectivity index (χ1n) is 6.29. The quantitative estimate of drug-likeness (QED) is 0.769. The SMILES string of the molecule is CCNC(C)(C(=O)OCC)c1ccc(O)c(OC)c1. The average Bonchev–Trinajstić information content (AvgIpc) is 2.39. The molecule has 19 heavy (non-hydrogen) atoms. The van der Waals surface area contributed by atoms with Crippen LogP contribution in [-0.2, 0) is 15.1 Å². The minimum Gasteiger partial charge on any atom is -0.504 e. The zero-order chi connectivity index (χ0) is 14.5. The average molecular weight is 267 g/mol. The van der Waals surface area contributed by atoms with Gasteiger partial charge in [-0.3, -0.25) is 5.32 Å². The highest BCUT2D eigenvalue weighted by molar-refractivity contribution is 5.82. The Morgan fingerprint density at radius 1 is 1.42 bits per heavy atom. The maximum Gasteiger partial charge on any atom is 0.330 e. The molecule has 1 unspecified atom stereocenters. The number of likely N-dealkylation sites (N-methyl/N-ethyl adjacent to an activating group) is 1. The van der Waals surface area contributed by atoms with Gasteiger partial charge in [0.1, 0.15) is 5.54 Å². The maximum atomic E-state index is 12.2. The summed E-state index contributed by atoms with van der Waals surface area (Å²) in [6.07, 6.45) is 0. The zero-order valence-corrected chi connectivity index (χ0v) is 11.8. The van der Waals surface area contributed by atoms with E-state index in [2.05, 4.69) is 5.32 Å². The first-order chi connectivity index (χ1) is 8.99. The fourth-order valence-corrected chi connectivity index (χ4v) is 1.91. The van der Waals surface area contributed by atoms with Gasteiger partial charge in [0.2, 0.25) is 0 Å². The van der Waals surface area contributed by atoms with Gasteiger partial charge in [0.05, 0.1) is 13.7 Å². The van der Waals surface area contributed by atoms with Crippen LogP contribution >= 0.6 is 0 Å². The van der Waals surface area contributed by atoms with Crippen molar-refractivity contribution in [3.05, 3.63) is 23.8 Å². The van der Waals surface area contributed by atoms with Crippen LogP contribution in [0.2, 0.25) is 0 Å².